The smallest absolute Gasteiger partial charge is 0.343 e. The summed E-state index contributed by atoms with van der Waals surface area (Å²) in [6, 6.07) is 11.4. The average Bonchev–Trinajstić information content (AvgIpc) is 2.36. The van der Waals surface area contributed by atoms with Crippen LogP contribution < -0.4 is 4.74 Å². The van der Waals surface area contributed by atoms with Gasteiger partial charge in [-0.2, -0.15) is 0 Å². The molecule has 0 aliphatic rings. The molecule has 0 fully saturated rings. The molecular formula is C13H8BrClO3. The minimum Gasteiger partial charge on any atom is -0.503 e. The molecule has 2 rings (SSSR count). The van der Waals surface area contributed by atoms with E-state index >= 15 is 0 Å². The standard InChI is InChI=1S/C13H8BrClO3/c14-10-6-9(15)7-11(12(10)16)18-13(17)8-4-2-1-3-5-8/h1-7,16H. The van der Waals surface area contributed by atoms with Crippen molar-refractivity contribution < 1.29 is 14.6 Å². The van der Waals surface area contributed by atoms with Crippen molar-refractivity contribution in [1.29, 1.82) is 0 Å². The van der Waals surface area contributed by atoms with Crippen LogP contribution in [0.4, 0.5) is 0 Å². The lowest BCUT2D eigenvalue weighted by atomic mass is 10.2. The van der Waals surface area contributed by atoms with Crippen LogP contribution in [-0.2, 0) is 0 Å². The minimum absolute atomic E-state index is 0.0169. The Morgan fingerprint density at radius 3 is 2.56 bits per heavy atom. The van der Waals surface area contributed by atoms with Gasteiger partial charge in [-0.1, -0.05) is 29.8 Å². The van der Waals surface area contributed by atoms with E-state index in [1.54, 1.807) is 30.3 Å². The largest absolute Gasteiger partial charge is 0.503 e. The number of rotatable bonds is 2. The van der Waals surface area contributed by atoms with Crippen molar-refractivity contribution in [2.45, 2.75) is 0 Å². The second-order valence-corrected chi connectivity index (χ2v) is 4.78. The van der Waals surface area contributed by atoms with Crippen LogP contribution >= 0.6 is 27.5 Å². The SMILES string of the molecule is O=C(Oc1cc(Cl)cc(Br)c1O)c1ccccc1. The van der Waals surface area contributed by atoms with Crippen molar-refractivity contribution in [3.8, 4) is 11.5 Å². The van der Waals surface area contributed by atoms with E-state index in [9.17, 15) is 9.90 Å². The molecule has 0 saturated heterocycles. The molecule has 2 aromatic carbocycles. The maximum absolute atomic E-state index is 11.8. The Morgan fingerprint density at radius 2 is 1.89 bits per heavy atom. The third kappa shape index (κ3) is 2.83. The number of benzene rings is 2. The first-order valence-electron chi connectivity index (χ1n) is 5.03. The zero-order valence-electron chi connectivity index (χ0n) is 9.06. The van der Waals surface area contributed by atoms with Gasteiger partial charge < -0.3 is 9.84 Å². The number of esters is 1. The zero-order chi connectivity index (χ0) is 13.1. The topological polar surface area (TPSA) is 46.5 Å². The quantitative estimate of drug-likeness (QED) is 0.669. The van der Waals surface area contributed by atoms with Crippen LogP contribution in [0.3, 0.4) is 0 Å². The number of hydrogen-bond acceptors (Lipinski definition) is 3. The molecule has 0 saturated carbocycles. The van der Waals surface area contributed by atoms with Gasteiger partial charge in [0.05, 0.1) is 10.0 Å². The van der Waals surface area contributed by atoms with Crippen LogP contribution in [0.25, 0.3) is 0 Å². The molecule has 0 radical (unpaired) electrons. The van der Waals surface area contributed by atoms with Crippen molar-refractivity contribution in [1.82, 2.24) is 0 Å². The Labute approximate surface area is 117 Å². The number of phenols is 1. The molecule has 1 N–H and O–H groups in total. The molecule has 3 nitrogen and oxygen atoms in total. The van der Waals surface area contributed by atoms with E-state index in [0.717, 1.165) is 0 Å². The fourth-order valence-corrected chi connectivity index (χ4v) is 2.14. The summed E-state index contributed by atoms with van der Waals surface area (Å²) in [5.41, 5.74) is 0.396. The van der Waals surface area contributed by atoms with E-state index < -0.39 is 5.97 Å². The third-order valence-electron chi connectivity index (χ3n) is 2.21. The molecule has 0 bridgehead atoms. The van der Waals surface area contributed by atoms with Crippen molar-refractivity contribution in [3.63, 3.8) is 0 Å². The Morgan fingerprint density at radius 1 is 1.22 bits per heavy atom. The molecule has 0 aliphatic carbocycles. The first kappa shape index (κ1) is 12.9. The zero-order valence-corrected chi connectivity index (χ0v) is 11.4. The Balaban J connectivity index is 2.28. The monoisotopic (exact) mass is 326 g/mol. The molecule has 0 unspecified atom stereocenters. The van der Waals surface area contributed by atoms with Crippen LogP contribution in [0.1, 0.15) is 10.4 Å². The maximum Gasteiger partial charge on any atom is 0.343 e. The lowest BCUT2D eigenvalue weighted by Gasteiger charge is -2.08. The molecule has 2 aromatic rings. The van der Waals surface area contributed by atoms with Crippen molar-refractivity contribution in [2.24, 2.45) is 0 Å². The molecule has 0 aliphatic heterocycles. The maximum atomic E-state index is 11.8. The van der Waals surface area contributed by atoms with Crippen molar-refractivity contribution >= 4 is 33.5 Å². The fourth-order valence-electron chi connectivity index (χ4n) is 1.35. The van der Waals surface area contributed by atoms with Crippen LogP contribution in [0.5, 0.6) is 11.5 Å². The predicted octanol–water partition coefficient (Wildman–Crippen LogP) is 4.03. The van der Waals surface area contributed by atoms with E-state index in [0.29, 0.717) is 15.1 Å². The summed E-state index contributed by atoms with van der Waals surface area (Å²) in [6.45, 7) is 0. The highest BCUT2D eigenvalue weighted by Crippen LogP contribution is 2.37. The highest BCUT2D eigenvalue weighted by Gasteiger charge is 2.14. The minimum atomic E-state index is -0.555. The van der Waals surface area contributed by atoms with Crippen LogP contribution in [-0.4, -0.2) is 11.1 Å². The number of aromatic hydroxyl groups is 1. The Kier molecular flexibility index (Phi) is 3.89. The molecule has 92 valence electrons. The van der Waals surface area contributed by atoms with Crippen LogP contribution in [0, 0.1) is 0 Å². The van der Waals surface area contributed by atoms with E-state index in [4.69, 9.17) is 16.3 Å². The van der Waals surface area contributed by atoms with Gasteiger partial charge in [0.25, 0.3) is 0 Å². The van der Waals surface area contributed by atoms with E-state index in [2.05, 4.69) is 15.9 Å². The average molecular weight is 328 g/mol. The number of hydrogen-bond donors (Lipinski definition) is 1. The lowest BCUT2D eigenvalue weighted by Crippen LogP contribution is -2.08. The summed E-state index contributed by atoms with van der Waals surface area (Å²) in [4.78, 5) is 11.8. The van der Waals surface area contributed by atoms with Gasteiger partial charge in [-0.05, 0) is 34.1 Å². The van der Waals surface area contributed by atoms with Gasteiger partial charge in [-0.15, -0.1) is 0 Å². The molecule has 5 heteroatoms. The van der Waals surface area contributed by atoms with E-state index in [1.165, 1.54) is 12.1 Å². The van der Waals surface area contributed by atoms with Gasteiger partial charge in [0.2, 0.25) is 0 Å². The molecule has 0 aromatic heterocycles. The number of halogens is 2. The molecule has 0 heterocycles. The second kappa shape index (κ2) is 5.42. The van der Waals surface area contributed by atoms with Gasteiger partial charge in [-0.25, -0.2) is 4.79 Å². The normalized spacial score (nSPS) is 10.1. The molecule has 0 atom stereocenters. The predicted molar refractivity (Wildman–Crippen MR) is 72.2 cm³/mol. The van der Waals surface area contributed by atoms with Crippen molar-refractivity contribution in [3.05, 3.63) is 57.5 Å². The summed E-state index contributed by atoms with van der Waals surface area (Å²) < 4.78 is 5.46. The molecule has 0 amide bonds. The summed E-state index contributed by atoms with van der Waals surface area (Å²) in [7, 11) is 0. The summed E-state index contributed by atoms with van der Waals surface area (Å²) in [5, 5.41) is 10.1. The van der Waals surface area contributed by atoms with Crippen LogP contribution in [0.2, 0.25) is 5.02 Å². The van der Waals surface area contributed by atoms with Gasteiger partial charge in [0.1, 0.15) is 0 Å². The highest BCUT2D eigenvalue weighted by molar-refractivity contribution is 9.10. The van der Waals surface area contributed by atoms with Gasteiger partial charge >= 0.3 is 5.97 Å². The lowest BCUT2D eigenvalue weighted by molar-refractivity contribution is 0.0729. The third-order valence-corrected chi connectivity index (χ3v) is 3.03. The summed E-state index contributed by atoms with van der Waals surface area (Å²) in [6.07, 6.45) is 0. The Bertz CT molecular complexity index is 584. The number of carbonyl (C=O) groups is 1. The molecule has 0 spiro atoms. The number of carbonyl (C=O) groups excluding carboxylic acids is 1. The Hall–Kier alpha value is -1.52. The summed E-state index contributed by atoms with van der Waals surface area (Å²) >= 11 is 8.94. The molecular weight excluding hydrogens is 319 g/mol. The second-order valence-electron chi connectivity index (χ2n) is 3.49. The van der Waals surface area contributed by atoms with E-state index in [-0.39, 0.29) is 11.5 Å². The number of ether oxygens (including phenoxy) is 1. The number of phenolic OH excluding ortho intramolecular Hbond substituents is 1. The highest BCUT2D eigenvalue weighted by atomic mass is 79.9. The van der Waals surface area contributed by atoms with Gasteiger partial charge in [-0.3, -0.25) is 0 Å². The fraction of sp³-hybridized carbons (Fsp3) is 0. The van der Waals surface area contributed by atoms with Crippen LogP contribution in [0.15, 0.2) is 46.9 Å². The molecule has 18 heavy (non-hydrogen) atoms. The van der Waals surface area contributed by atoms with Gasteiger partial charge in [0.15, 0.2) is 11.5 Å². The van der Waals surface area contributed by atoms with E-state index in [1.807, 2.05) is 0 Å². The first-order chi connectivity index (χ1) is 8.58. The summed E-state index contributed by atoms with van der Waals surface area (Å²) in [5.74, 6) is -0.702. The van der Waals surface area contributed by atoms with Gasteiger partial charge in [0, 0.05) is 11.1 Å². The van der Waals surface area contributed by atoms with Crippen molar-refractivity contribution in [2.75, 3.05) is 0 Å². The first-order valence-corrected chi connectivity index (χ1v) is 6.20.